The second-order valence-corrected chi connectivity index (χ2v) is 3.95. The van der Waals surface area contributed by atoms with E-state index >= 15 is 0 Å². The summed E-state index contributed by atoms with van der Waals surface area (Å²) >= 11 is 0. The van der Waals surface area contributed by atoms with Crippen LogP contribution in [0, 0.1) is 20.2 Å². The van der Waals surface area contributed by atoms with Gasteiger partial charge in [0, 0.05) is 29.2 Å². The summed E-state index contributed by atoms with van der Waals surface area (Å²) < 4.78 is 0. The molecule has 0 fully saturated rings. The third-order valence-electron chi connectivity index (χ3n) is 2.73. The minimum atomic E-state index is -0.601. The number of hydrogen-bond donors (Lipinski definition) is 0. The van der Waals surface area contributed by atoms with Crippen molar-refractivity contribution >= 4 is 17.1 Å². The van der Waals surface area contributed by atoms with Gasteiger partial charge in [-0.1, -0.05) is 5.11 Å². The quantitative estimate of drug-likeness (QED) is 0.274. The van der Waals surface area contributed by atoms with Crippen LogP contribution in [-0.4, -0.2) is 9.85 Å². The maximum Gasteiger partial charge on any atom is 0.269 e. The third-order valence-corrected chi connectivity index (χ3v) is 2.73. The van der Waals surface area contributed by atoms with E-state index in [1.165, 1.54) is 36.4 Å². The number of azide groups is 1. The molecule has 0 unspecified atom stereocenters. The highest BCUT2D eigenvalue weighted by Gasteiger charge is 2.12. The van der Waals surface area contributed by atoms with Crippen LogP contribution in [0.5, 0.6) is 0 Å². The number of nitrogens with zero attached hydrogens (tertiary/aromatic N) is 5. The standard InChI is InChI=1S/C12H7N5O4/c13-15-14-12-7-10(17(20)21)5-6-11(12)8-1-3-9(4-2-8)16(18)19/h1-7H. The van der Waals surface area contributed by atoms with E-state index in [4.69, 9.17) is 5.53 Å². The molecule has 0 amide bonds. The van der Waals surface area contributed by atoms with E-state index in [-0.39, 0.29) is 17.1 Å². The molecule has 0 bridgehead atoms. The van der Waals surface area contributed by atoms with Crippen LogP contribution in [0.15, 0.2) is 47.6 Å². The minimum Gasteiger partial charge on any atom is -0.258 e. The lowest BCUT2D eigenvalue weighted by molar-refractivity contribution is -0.385. The molecule has 0 spiro atoms. The summed E-state index contributed by atoms with van der Waals surface area (Å²) in [7, 11) is 0. The summed E-state index contributed by atoms with van der Waals surface area (Å²) in [6.07, 6.45) is 0. The van der Waals surface area contributed by atoms with E-state index in [1.54, 1.807) is 0 Å². The number of nitro benzene ring substituents is 2. The van der Waals surface area contributed by atoms with Crippen molar-refractivity contribution in [2.75, 3.05) is 0 Å². The summed E-state index contributed by atoms with van der Waals surface area (Å²) in [6, 6.07) is 9.42. The van der Waals surface area contributed by atoms with Crippen molar-refractivity contribution in [3.63, 3.8) is 0 Å². The molecule has 0 aromatic heterocycles. The van der Waals surface area contributed by atoms with Crippen molar-refractivity contribution in [2.24, 2.45) is 5.11 Å². The van der Waals surface area contributed by atoms with Crippen molar-refractivity contribution in [3.05, 3.63) is 73.1 Å². The third kappa shape index (κ3) is 2.94. The zero-order chi connectivity index (χ0) is 15.4. The fourth-order valence-corrected chi connectivity index (χ4v) is 1.77. The van der Waals surface area contributed by atoms with Crippen molar-refractivity contribution in [3.8, 4) is 11.1 Å². The molecule has 104 valence electrons. The Morgan fingerprint density at radius 1 is 0.952 bits per heavy atom. The summed E-state index contributed by atoms with van der Waals surface area (Å²) in [6.45, 7) is 0. The van der Waals surface area contributed by atoms with Gasteiger partial charge >= 0.3 is 0 Å². The van der Waals surface area contributed by atoms with E-state index in [2.05, 4.69) is 10.0 Å². The van der Waals surface area contributed by atoms with Gasteiger partial charge in [0.15, 0.2) is 0 Å². The van der Waals surface area contributed by atoms with Crippen LogP contribution < -0.4 is 0 Å². The SMILES string of the molecule is [N-]=[N+]=Nc1cc([N+](=O)[O-])ccc1-c1ccc([N+](=O)[O-])cc1. The van der Waals surface area contributed by atoms with Gasteiger partial charge in [-0.05, 0) is 34.9 Å². The lowest BCUT2D eigenvalue weighted by atomic mass is 10.0. The fourth-order valence-electron chi connectivity index (χ4n) is 1.77. The largest absolute Gasteiger partial charge is 0.269 e. The van der Waals surface area contributed by atoms with Crippen LogP contribution >= 0.6 is 0 Å². The van der Waals surface area contributed by atoms with Crippen LogP contribution in [0.1, 0.15) is 0 Å². The molecule has 0 N–H and O–H groups in total. The van der Waals surface area contributed by atoms with Crippen molar-refractivity contribution in [2.45, 2.75) is 0 Å². The van der Waals surface area contributed by atoms with E-state index < -0.39 is 9.85 Å². The first-order valence-corrected chi connectivity index (χ1v) is 5.61. The van der Waals surface area contributed by atoms with Crippen LogP contribution in [0.4, 0.5) is 17.1 Å². The lowest BCUT2D eigenvalue weighted by Gasteiger charge is -2.05. The molecular formula is C12H7N5O4. The van der Waals surface area contributed by atoms with Crippen LogP contribution in [0.3, 0.4) is 0 Å². The molecule has 0 heterocycles. The summed E-state index contributed by atoms with van der Waals surface area (Å²) in [5.74, 6) is 0. The Morgan fingerprint density at radius 3 is 2.05 bits per heavy atom. The van der Waals surface area contributed by atoms with Gasteiger partial charge in [0.05, 0.1) is 15.5 Å². The predicted molar refractivity (Wildman–Crippen MR) is 74.0 cm³/mol. The van der Waals surface area contributed by atoms with Crippen molar-refractivity contribution in [1.29, 1.82) is 0 Å². The van der Waals surface area contributed by atoms with Crippen molar-refractivity contribution in [1.82, 2.24) is 0 Å². The molecule has 0 radical (unpaired) electrons. The summed E-state index contributed by atoms with van der Waals surface area (Å²) in [5.41, 5.74) is 9.34. The van der Waals surface area contributed by atoms with Gasteiger partial charge in [-0.25, -0.2) is 0 Å². The van der Waals surface area contributed by atoms with E-state index in [1.807, 2.05) is 0 Å². The Bertz CT molecular complexity index is 766. The van der Waals surface area contributed by atoms with Gasteiger partial charge in [-0.3, -0.25) is 20.2 Å². The number of hydrogen-bond acceptors (Lipinski definition) is 5. The number of non-ortho nitro benzene ring substituents is 2. The lowest BCUT2D eigenvalue weighted by Crippen LogP contribution is -1.89. The molecule has 2 aromatic rings. The number of rotatable bonds is 4. The monoisotopic (exact) mass is 285 g/mol. The normalized spacial score (nSPS) is 9.71. The van der Waals surface area contributed by atoms with E-state index in [0.29, 0.717) is 11.1 Å². The first kappa shape index (κ1) is 14.0. The Balaban J connectivity index is 2.54. The molecule has 0 saturated heterocycles. The topological polar surface area (TPSA) is 135 Å². The molecule has 9 heteroatoms. The highest BCUT2D eigenvalue weighted by molar-refractivity contribution is 5.78. The first-order valence-electron chi connectivity index (χ1n) is 5.61. The molecule has 0 atom stereocenters. The molecule has 0 saturated carbocycles. The van der Waals surface area contributed by atoms with Gasteiger partial charge in [0.25, 0.3) is 11.4 Å². The van der Waals surface area contributed by atoms with Gasteiger partial charge < -0.3 is 0 Å². The first-order chi connectivity index (χ1) is 10.0. The smallest absolute Gasteiger partial charge is 0.258 e. The molecule has 0 aliphatic heterocycles. The van der Waals surface area contributed by atoms with Gasteiger partial charge in [-0.15, -0.1) is 0 Å². The zero-order valence-electron chi connectivity index (χ0n) is 10.4. The molecule has 21 heavy (non-hydrogen) atoms. The molecule has 0 aliphatic carbocycles. The van der Waals surface area contributed by atoms with E-state index in [0.717, 1.165) is 6.07 Å². The second kappa shape index (κ2) is 5.68. The highest BCUT2D eigenvalue weighted by atomic mass is 16.6. The zero-order valence-corrected chi connectivity index (χ0v) is 10.4. The summed E-state index contributed by atoms with van der Waals surface area (Å²) in [5, 5.41) is 24.7. The van der Waals surface area contributed by atoms with Gasteiger partial charge in [0.1, 0.15) is 0 Å². The number of nitro groups is 2. The number of benzene rings is 2. The Kier molecular flexibility index (Phi) is 3.78. The average molecular weight is 285 g/mol. The predicted octanol–water partition coefficient (Wildman–Crippen LogP) is 4.11. The average Bonchev–Trinajstić information content (AvgIpc) is 2.47. The molecule has 9 nitrogen and oxygen atoms in total. The fraction of sp³-hybridized carbons (Fsp3) is 0. The van der Waals surface area contributed by atoms with Crippen molar-refractivity contribution < 1.29 is 9.85 Å². The maximum atomic E-state index is 10.7. The molecule has 2 aromatic carbocycles. The molecule has 2 rings (SSSR count). The molecular weight excluding hydrogens is 278 g/mol. The van der Waals surface area contributed by atoms with Crippen LogP contribution in [0.25, 0.3) is 21.6 Å². The van der Waals surface area contributed by atoms with Gasteiger partial charge in [0.2, 0.25) is 0 Å². The maximum absolute atomic E-state index is 10.7. The Morgan fingerprint density at radius 2 is 1.52 bits per heavy atom. The highest BCUT2D eigenvalue weighted by Crippen LogP contribution is 2.34. The van der Waals surface area contributed by atoms with Crippen LogP contribution in [0.2, 0.25) is 0 Å². The second-order valence-electron chi connectivity index (χ2n) is 3.95. The minimum absolute atomic E-state index is 0.0778. The van der Waals surface area contributed by atoms with Gasteiger partial charge in [-0.2, -0.15) is 0 Å². The Hall–Kier alpha value is -3.45. The Labute approximate surface area is 117 Å². The molecule has 0 aliphatic rings. The summed E-state index contributed by atoms with van der Waals surface area (Å²) in [4.78, 5) is 22.8. The van der Waals surface area contributed by atoms with Crippen LogP contribution in [-0.2, 0) is 0 Å². The van der Waals surface area contributed by atoms with E-state index in [9.17, 15) is 20.2 Å².